The number of carbonyl (C=O) groups is 1. The average Bonchev–Trinajstić information content (AvgIpc) is 2.53. The second kappa shape index (κ2) is 7.38. The molecule has 1 amide bonds. The number of nitrogens with one attached hydrogen (secondary N) is 1. The van der Waals surface area contributed by atoms with Crippen molar-refractivity contribution in [2.24, 2.45) is 0 Å². The van der Waals surface area contributed by atoms with Crippen LogP contribution in [0.25, 0.3) is 0 Å². The van der Waals surface area contributed by atoms with Gasteiger partial charge in [-0.2, -0.15) is 0 Å². The number of amides is 1. The van der Waals surface area contributed by atoms with Gasteiger partial charge in [-0.05, 0) is 43.7 Å². The molecule has 2 aromatic heterocycles. The summed E-state index contributed by atoms with van der Waals surface area (Å²) in [5, 5.41) is 3.12. The van der Waals surface area contributed by atoms with Crippen molar-refractivity contribution >= 4 is 11.7 Å². The molecular weight excluding hydrogens is 264 g/mol. The maximum atomic E-state index is 12.6. The molecule has 0 atom stereocenters. The second-order valence-electron chi connectivity index (χ2n) is 4.63. The van der Waals surface area contributed by atoms with Gasteiger partial charge in [0, 0.05) is 43.8 Å². The normalized spacial score (nSPS) is 10.2. The average molecular weight is 284 g/mol. The van der Waals surface area contributed by atoms with Crippen molar-refractivity contribution in [3.05, 3.63) is 54.0 Å². The molecule has 21 heavy (non-hydrogen) atoms. The SMILES string of the molecule is CCNc1cc(C(=O)N(CC)Cc2ccncc2)ccn1. The van der Waals surface area contributed by atoms with Crippen LogP contribution >= 0.6 is 0 Å². The Balaban J connectivity index is 2.14. The van der Waals surface area contributed by atoms with Gasteiger partial charge in [0.15, 0.2) is 0 Å². The lowest BCUT2D eigenvalue weighted by molar-refractivity contribution is 0.0752. The topological polar surface area (TPSA) is 58.1 Å². The van der Waals surface area contributed by atoms with E-state index in [4.69, 9.17) is 0 Å². The number of anilines is 1. The van der Waals surface area contributed by atoms with E-state index in [0.29, 0.717) is 18.7 Å². The molecule has 0 aliphatic rings. The van der Waals surface area contributed by atoms with Crippen LogP contribution in [-0.4, -0.2) is 33.9 Å². The van der Waals surface area contributed by atoms with Crippen LogP contribution in [0.2, 0.25) is 0 Å². The van der Waals surface area contributed by atoms with Crippen LogP contribution in [0.1, 0.15) is 29.8 Å². The smallest absolute Gasteiger partial charge is 0.254 e. The molecule has 5 nitrogen and oxygen atoms in total. The van der Waals surface area contributed by atoms with Crippen molar-refractivity contribution in [3.63, 3.8) is 0 Å². The van der Waals surface area contributed by atoms with Gasteiger partial charge in [0.1, 0.15) is 5.82 Å². The largest absolute Gasteiger partial charge is 0.370 e. The van der Waals surface area contributed by atoms with Crippen molar-refractivity contribution in [1.82, 2.24) is 14.9 Å². The molecule has 2 aromatic rings. The predicted octanol–water partition coefficient (Wildman–Crippen LogP) is 2.57. The number of hydrogen-bond donors (Lipinski definition) is 1. The third kappa shape index (κ3) is 4.02. The summed E-state index contributed by atoms with van der Waals surface area (Å²) >= 11 is 0. The van der Waals surface area contributed by atoms with E-state index in [0.717, 1.165) is 17.9 Å². The molecule has 5 heteroatoms. The van der Waals surface area contributed by atoms with Gasteiger partial charge in [0.25, 0.3) is 5.91 Å². The fourth-order valence-corrected chi connectivity index (χ4v) is 2.06. The first kappa shape index (κ1) is 15.0. The van der Waals surface area contributed by atoms with Crippen molar-refractivity contribution < 1.29 is 4.79 Å². The highest BCUT2D eigenvalue weighted by Crippen LogP contribution is 2.12. The molecule has 0 aliphatic carbocycles. The van der Waals surface area contributed by atoms with E-state index in [9.17, 15) is 4.79 Å². The number of rotatable bonds is 6. The molecule has 0 aromatic carbocycles. The Bertz CT molecular complexity index is 586. The molecule has 1 N–H and O–H groups in total. The Labute approximate surface area is 125 Å². The highest BCUT2D eigenvalue weighted by molar-refractivity contribution is 5.94. The van der Waals surface area contributed by atoms with Crippen LogP contribution in [0.4, 0.5) is 5.82 Å². The van der Waals surface area contributed by atoms with E-state index in [-0.39, 0.29) is 5.91 Å². The maximum Gasteiger partial charge on any atom is 0.254 e. The van der Waals surface area contributed by atoms with E-state index in [1.54, 1.807) is 35.6 Å². The van der Waals surface area contributed by atoms with Gasteiger partial charge in [0.2, 0.25) is 0 Å². The summed E-state index contributed by atoms with van der Waals surface area (Å²) in [4.78, 5) is 22.6. The monoisotopic (exact) mass is 284 g/mol. The standard InChI is InChI=1S/C16H20N4O/c1-3-18-15-11-14(7-10-19-15)16(21)20(4-2)12-13-5-8-17-9-6-13/h5-11H,3-4,12H2,1-2H3,(H,18,19). The van der Waals surface area contributed by atoms with Crippen LogP contribution in [0.15, 0.2) is 42.9 Å². The first-order valence-corrected chi connectivity index (χ1v) is 7.12. The third-order valence-corrected chi connectivity index (χ3v) is 3.16. The van der Waals surface area contributed by atoms with Crippen molar-refractivity contribution in [1.29, 1.82) is 0 Å². The van der Waals surface area contributed by atoms with E-state index in [1.807, 2.05) is 26.0 Å². The van der Waals surface area contributed by atoms with Crippen LogP contribution in [0, 0.1) is 0 Å². The summed E-state index contributed by atoms with van der Waals surface area (Å²) in [6.45, 7) is 5.99. The van der Waals surface area contributed by atoms with E-state index < -0.39 is 0 Å². The van der Waals surface area contributed by atoms with Crippen LogP contribution < -0.4 is 5.32 Å². The lowest BCUT2D eigenvalue weighted by atomic mass is 10.2. The molecule has 2 heterocycles. The zero-order valence-corrected chi connectivity index (χ0v) is 12.4. The number of hydrogen-bond acceptors (Lipinski definition) is 4. The highest BCUT2D eigenvalue weighted by Gasteiger charge is 2.15. The van der Waals surface area contributed by atoms with E-state index >= 15 is 0 Å². The number of carbonyl (C=O) groups excluding carboxylic acids is 1. The Morgan fingerprint density at radius 1 is 1.19 bits per heavy atom. The lowest BCUT2D eigenvalue weighted by Crippen LogP contribution is -2.30. The molecule has 0 bridgehead atoms. The van der Waals surface area contributed by atoms with Crippen molar-refractivity contribution in [3.8, 4) is 0 Å². The third-order valence-electron chi connectivity index (χ3n) is 3.16. The van der Waals surface area contributed by atoms with Crippen LogP contribution in [0.5, 0.6) is 0 Å². The van der Waals surface area contributed by atoms with Gasteiger partial charge in [0.05, 0.1) is 0 Å². The van der Waals surface area contributed by atoms with Gasteiger partial charge in [-0.1, -0.05) is 0 Å². The minimum Gasteiger partial charge on any atom is -0.370 e. The summed E-state index contributed by atoms with van der Waals surface area (Å²) < 4.78 is 0. The van der Waals surface area contributed by atoms with Gasteiger partial charge in [-0.25, -0.2) is 4.98 Å². The Kier molecular flexibility index (Phi) is 5.26. The summed E-state index contributed by atoms with van der Waals surface area (Å²) in [5.74, 6) is 0.735. The van der Waals surface area contributed by atoms with Gasteiger partial charge < -0.3 is 10.2 Å². The minimum atomic E-state index is 0.0101. The molecule has 110 valence electrons. The Morgan fingerprint density at radius 3 is 2.62 bits per heavy atom. The Hall–Kier alpha value is -2.43. The predicted molar refractivity (Wildman–Crippen MR) is 83.1 cm³/mol. The summed E-state index contributed by atoms with van der Waals surface area (Å²) in [7, 11) is 0. The summed E-state index contributed by atoms with van der Waals surface area (Å²) in [6.07, 6.45) is 5.14. The summed E-state index contributed by atoms with van der Waals surface area (Å²) in [6, 6.07) is 7.39. The maximum absolute atomic E-state index is 12.6. The van der Waals surface area contributed by atoms with Gasteiger partial charge in [-0.15, -0.1) is 0 Å². The zero-order chi connectivity index (χ0) is 15.1. The summed E-state index contributed by atoms with van der Waals surface area (Å²) in [5.41, 5.74) is 1.72. The molecule has 0 fully saturated rings. The highest BCUT2D eigenvalue weighted by atomic mass is 16.2. The fraction of sp³-hybridized carbons (Fsp3) is 0.312. The minimum absolute atomic E-state index is 0.0101. The quantitative estimate of drug-likeness (QED) is 0.885. The molecular formula is C16H20N4O. The zero-order valence-electron chi connectivity index (χ0n) is 12.4. The molecule has 0 aliphatic heterocycles. The number of aromatic nitrogens is 2. The second-order valence-corrected chi connectivity index (χ2v) is 4.63. The lowest BCUT2D eigenvalue weighted by Gasteiger charge is -2.21. The van der Waals surface area contributed by atoms with Gasteiger partial charge >= 0.3 is 0 Å². The number of nitrogens with zero attached hydrogens (tertiary/aromatic N) is 3. The van der Waals surface area contributed by atoms with Gasteiger partial charge in [-0.3, -0.25) is 9.78 Å². The van der Waals surface area contributed by atoms with Crippen LogP contribution in [0.3, 0.4) is 0 Å². The van der Waals surface area contributed by atoms with E-state index in [1.165, 1.54) is 0 Å². The van der Waals surface area contributed by atoms with Crippen molar-refractivity contribution in [2.75, 3.05) is 18.4 Å². The molecule has 0 unspecified atom stereocenters. The fourth-order valence-electron chi connectivity index (χ4n) is 2.06. The Morgan fingerprint density at radius 2 is 1.95 bits per heavy atom. The molecule has 0 saturated heterocycles. The first-order valence-electron chi connectivity index (χ1n) is 7.12. The molecule has 2 rings (SSSR count). The van der Waals surface area contributed by atoms with Crippen LogP contribution in [-0.2, 0) is 6.54 Å². The molecule has 0 radical (unpaired) electrons. The number of pyridine rings is 2. The first-order chi connectivity index (χ1) is 10.2. The van der Waals surface area contributed by atoms with E-state index in [2.05, 4.69) is 15.3 Å². The van der Waals surface area contributed by atoms with Crippen molar-refractivity contribution in [2.45, 2.75) is 20.4 Å². The molecule has 0 spiro atoms. The molecule has 0 saturated carbocycles.